The Hall–Kier alpha value is -1.43. The lowest BCUT2D eigenvalue weighted by Gasteiger charge is -2.23. The van der Waals surface area contributed by atoms with E-state index in [1.54, 1.807) is 31.6 Å². The molecule has 0 aliphatic carbocycles. The Kier molecular flexibility index (Phi) is 4.24. The highest BCUT2D eigenvalue weighted by molar-refractivity contribution is 6.31. The molecule has 1 aliphatic heterocycles. The van der Waals surface area contributed by atoms with Crippen LogP contribution in [0, 0.1) is 5.82 Å². The number of nitrogens with zero attached hydrogens (tertiary/aromatic N) is 2. The van der Waals surface area contributed by atoms with Crippen LogP contribution in [0.2, 0.25) is 5.02 Å². The minimum Gasteiger partial charge on any atom is -0.380 e. The van der Waals surface area contributed by atoms with Crippen molar-refractivity contribution in [1.29, 1.82) is 0 Å². The molecule has 0 unspecified atom stereocenters. The average Bonchev–Trinajstić information content (AvgIpc) is 3.12. The number of benzene rings is 1. The molecule has 2 atom stereocenters. The van der Waals surface area contributed by atoms with Gasteiger partial charge in [-0.2, -0.15) is 0 Å². The fourth-order valence-electron chi connectivity index (χ4n) is 2.84. The van der Waals surface area contributed by atoms with Crippen LogP contribution < -0.4 is 0 Å². The monoisotopic (exact) mass is 309 g/mol. The molecule has 2 aromatic rings. The summed E-state index contributed by atoms with van der Waals surface area (Å²) in [6.07, 6.45) is 4.47. The van der Waals surface area contributed by atoms with Gasteiger partial charge < -0.3 is 9.72 Å². The lowest BCUT2D eigenvalue weighted by atomic mass is 10.1. The Morgan fingerprint density at radius 1 is 1.52 bits per heavy atom. The Bertz CT molecular complexity index is 585. The molecule has 0 radical (unpaired) electrons. The van der Waals surface area contributed by atoms with Gasteiger partial charge in [0.1, 0.15) is 11.6 Å². The maximum Gasteiger partial charge on any atom is 0.129 e. The Labute approximate surface area is 127 Å². The molecule has 2 heterocycles. The number of imidazole rings is 1. The quantitative estimate of drug-likeness (QED) is 0.943. The van der Waals surface area contributed by atoms with Gasteiger partial charge in [0, 0.05) is 43.2 Å². The van der Waals surface area contributed by atoms with Crippen molar-refractivity contribution in [3.63, 3.8) is 0 Å². The normalized spacial score (nSPS) is 22.8. The van der Waals surface area contributed by atoms with Gasteiger partial charge in [0.25, 0.3) is 0 Å². The Morgan fingerprint density at radius 2 is 2.38 bits per heavy atom. The van der Waals surface area contributed by atoms with E-state index in [0.717, 1.165) is 18.8 Å². The Balaban J connectivity index is 1.85. The largest absolute Gasteiger partial charge is 0.380 e. The molecule has 0 spiro atoms. The van der Waals surface area contributed by atoms with E-state index in [0.29, 0.717) is 17.1 Å². The number of hydrogen-bond acceptors (Lipinski definition) is 3. The second-order valence-corrected chi connectivity index (χ2v) is 5.62. The van der Waals surface area contributed by atoms with Gasteiger partial charge in [-0.3, -0.25) is 4.90 Å². The standard InChI is InChI=1S/C15H17ClFN3O/c1-21-10-7-14(15-18-5-6-19-15)20(8-10)9-11-12(16)3-2-4-13(11)17/h2-6,10,14H,7-9H2,1H3,(H,18,19)/t10-,14+/m1/s1. The summed E-state index contributed by atoms with van der Waals surface area (Å²) < 4.78 is 19.4. The lowest BCUT2D eigenvalue weighted by molar-refractivity contribution is 0.107. The van der Waals surface area contributed by atoms with Crippen molar-refractivity contribution < 1.29 is 9.13 Å². The molecule has 6 heteroatoms. The van der Waals surface area contributed by atoms with E-state index in [9.17, 15) is 4.39 Å². The number of rotatable bonds is 4. The highest BCUT2D eigenvalue weighted by atomic mass is 35.5. The summed E-state index contributed by atoms with van der Waals surface area (Å²) >= 11 is 6.13. The number of ether oxygens (including phenoxy) is 1. The summed E-state index contributed by atoms with van der Waals surface area (Å²) in [4.78, 5) is 9.61. The number of methoxy groups -OCH3 is 1. The lowest BCUT2D eigenvalue weighted by Crippen LogP contribution is -2.26. The fourth-order valence-corrected chi connectivity index (χ4v) is 3.06. The predicted molar refractivity (Wildman–Crippen MR) is 78.6 cm³/mol. The van der Waals surface area contributed by atoms with Crippen LogP contribution in [0.4, 0.5) is 4.39 Å². The van der Waals surface area contributed by atoms with E-state index < -0.39 is 0 Å². The molecule has 0 saturated carbocycles. The van der Waals surface area contributed by atoms with Gasteiger partial charge in [-0.05, 0) is 18.6 Å². The molecule has 21 heavy (non-hydrogen) atoms. The maximum absolute atomic E-state index is 14.0. The van der Waals surface area contributed by atoms with Crippen molar-refractivity contribution >= 4 is 11.6 Å². The molecule has 1 N–H and O–H groups in total. The van der Waals surface area contributed by atoms with Crippen molar-refractivity contribution in [2.75, 3.05) is 13.7 Å². The molecule has 1 aromatic heterocycles. The first-order valence-corrected chi connectivity index (χ1v) is 7.26. The zero-order chi connectivity index (χ0) is 14.8. The number of H-pyrrole nitrogens is 1. The second-order valence-electron chi connectivity index (χ2n) is 5.21. The van der Waals surface area contributed by atoms with Gasteiger partial charge in [-0.1, -0.05) is 17.7 Å². The van der Waals surface area contributed by atoms with E-state index >= 15 is 0 Å². The first-order chi connectivity index (χ1) is 10.2. The van der Waals surface area contributed by atoms with Crippen LogP contribution in [-0.2, 0) is 11.3 Å². The van der Waals surface area contributed by atoms with Gasteiger partial charge >= 0.3 is 0 Å². The van der Waals surface area contributed by atoms with Gasteiger partial charge in [-0.15, -0.1) is 0 Å². The van der Waals surface area contributed by atoms with Crippen LogP contribution in [0.15, 0.2) is 30.6 Å². The van der Waals surface area contributed by atoms with Crippen LogP contribution in [0.5, 0.6) is 0 Å². The molecule has 1 aliphatic rings. The number of aromatic amines is 1. The first kappa shape index (κ1) is 14.5. The molecule has 0 amide bonds. The van der Waals surface area contributed by atoms with E-state index in [1.165, 1.54) is 6.07 Å². The zero-order valence-corrected chi connectivity index (χ0v) is 12.5. The van der Waals surface area contributed by atoms with Crippen LogP contribution in [0.3, 0.4) is 0 Å². The molecule has 3 rings (SSSR count). The number of aromatic nitrogens is 2. The van der Waals surface area contributed by atoms with Gasteiger partial charge in [-0.25, -0.2) is 9.37 Å². The minimum absolute atomic E-state index is 0.0839. The molecule has 4 nitrogen and oxygen atoms in total. The van der Waals surface area contributed by atoms with Gasteiger partial charge in [0.05, 0.1) is 12.1 Å². The van der Waals surface area contributed by atoms with Crippen molar-refractivity contribution in [1.82, 2.24) is 14.9 Å². The van der Waals surface area contributed by atoms with Crippen LogP contribution in [0.1, 0.15) is 23.9 Å². The molecular weight excluding hydrogens is 293 g/mol. The third kappa shape index (κ3) is 2.95. The molecule has 1 aromatic carbocycles. The second kappa shape index (κ2) is 6.13. The van der Waals surface area contributed by atoms with Crippen molar-refractivity contribution in [3.8, 4) is 0 Å². The van der Waals surface area contributed by atoms with E-state index in [4.69, 9.17) is 16.3 Å². The molecule has 0 bridgehead atoms. The topological polar surface area (TPSA) is 41.1 Å². The summed E-state index contributed by atoms with van der Waals surface area (Å²) in [5, 5.41) is 0.453. The van der Waals surface area contributed by atoms with Gasteiger partial charge in [0.2, 0.25) is 0 Å². The van der Waals surface area contributed by atoms with Crippen LogP contribution in [-0.4, -0.2) is 34.6 Å². The smallest absolute Gasteiger partial charge is 0.129 e. The number of nitrogens with one attached hydrogen (secondary N) is 1. The van der Waals surface area contributed by atoms with E-state index in [-0.39, 0.29) is 18.0 Å². The highest BCUT2D eigenvalue weighted by Crippen LogP contribution is 2.34. The average molecular weight is 310 g/mol. The van der Waals surface area contributed by atoms with E-state index in [1.807, 2.05) is 0 Å². The minimum atomic E-state index is -0.276. The van der Waals surface area contributed by atoms with Crippen LogP contribution >= 0.6 is 11.6 Å². The maximum atomic E-state index is 14.0. The first-order valence-electron chi connectivity index (χ1n) is 6.88. The third-order valence-electron chi connectivity index (χ3n) is 3.96. The SMILES string of the molecule is CO[C@@H]1C[C@@H](c2ncc[nH]2)N(Cc2c(F)cccc2Cl)C1. The summed E-state index contributed by atoms with van der Waals surface area (Å²) in [6.45, 7) is 1.17. The summed E-state index contributed by atoms with van der Waals surface area (Å²) in [6, 6.07) is 4.85. The molecule has 1 fully saturated rings. The van der Waals surface area contributed by atoms with Crippen molar-refractivity contribution in [2.24, 2.45) is 0 Å². The van der Waals surface area contributed by atoms with E-state index in [2.05, 4.69) is 14.9 Å². The molecule has 112 valence electrons. The highest BCUT2D eigenvalue weighted by Gasteiger charge is 2.35. The summed E-state index contributed by atoms with van der Waals surface area (Å²) in [5.74, 6) is 0.601. The molecular formula is C15H17ClFN3O. The predicted octanol–water partition coefficient (Wildman–Crippen LogP) is 3.16. The third-order valence-corrected chi connectivity index (χ3v) is 4.31. The van der Waals surface area contributed by atoms with Crippen molar-refractivity contribution in [3.05, 3.63) is 52.8 Å². The summed E-state index contributed by atoms with van der Waals surface area (Å²) in [7, 11) is 1.70. The number of likely N-dealkylation sites (tertiary alicyclic amines) is 1. The fraction of sp³-hybridized carbons (Fsp3) is 0.400. The van der Waals surface area contributed by atoms with Gasteiger partial charge in [0.15, 0.2) is 0 Å². The summed E-state index contributed by atoms with van der Waals surface area (Å²) in [5.41, 5.74) is 0.521. The number of hydrogen-bond donors (Lipinski definition) is 1. The Morgan fingerprint density at radius 3 is 3.05 bits per heavy atom. The number of halogens is 2. The zero-order valence-electron chi connectivity index (χ0n) is 11.7. The molecule has 1 saturated heterocycles. The van der Waals surface area contributed by atoms with Crippen molar-refractivity contribution in [2.45, 2.75) is 25.1 Å². The van der Waals surface area contributed by atoms with Crippen LogP contribution in [0.25, 0.3) is 0 Å².